The van der Waals surface area contributed by atoms with Gasteiger partial charge in [0, 0.05) is 0 Å². The highest BCUT2D eigenvalue weighted by molar-refractivity contribution is 7.98. The Hall–Kier alpha value is -1.02. The lowest BCUT2D eigenvalue weighted by Crippen LogP contribution is -2.07. The number of aromatic nitrogens is 4. The lowest BCUT2D eigenvalue weighted by atomic mass is 10.4. The molecule has 0 aliphatic heterocycles. The standard InChI is InChI=1S/C9H14N4S/c1-4-5-6-14-7-9-10-11-12-13(9)8(2)3/h8H,6-7H2,1-3H3. The lowest BCUT2D eigenvalue weighted by molar-refractivity contribution is 0.501. The van der Waals surface area contributed by atoms with Crippen LogP contribution in [-0.4, -0.2) is 26.0 Å². The summed E-state index contributed by atoms with van der Waals surface area (Å²) in [5.74, 6) is 8.42. The maximum atomic E-state index is 3.97. The summed E-state index contributed by atoms with van der Waals surface area (Å²) < 4.78 is 1.84. The van der Waals surface area contributed by atoms with E-state index in [0.29, 0.717) is 6.04 Å². The maximum Gasteiger partial charge on any atom is 0.161 e. The summed E-state index contributed by atoms with van der Waals surface area (Å²) in [6.07, 6.45) is 0. The molecule has 14 heavy (non-hydrogen) atoms. The summed E-state index contributed by atoms with van der Waals surface area (Å²) >= 11 is 1.73. The largest absolute Gasteiger partial charge is 0.226 e. The smallest absolute Gasteiger partial charge is 0.161 e. The van der Waals surface area contributed by atoms with Gasteiger partial charge in [-0.3, -0.25) is 0 Å². The second kappa shape index (κ2) is 5.66. The minimum Gasteiger partial charge on any atom is -0.226 e. The average Bonchev–Trinajstić information content (AvgIpc) is 2.60. The van der Waals surface area contributed by atoms with Gasteiger partial charge in [0.15, 0.2) is 5.82 Å². The van der Waals surface area contributed by atoms with Crippen LogP contribution < -0.4 is 0 Å². The van der Waals surface area contributed by atoms with E-state index in [-0.39, 0.29) is 0 Å². The Morgan fingerprint density at radius 1 is 1.50 bits per heavy atom. The van der Waals surface area contributed by atoms with Crippen LogP contribution in [0.25, 0.3) is 0 Å². The third-order valence-corrected chi connectivity index (χ3v) is 2.44. The normalized spacial score (nSPS) is 10.0. The van der Waals surface area contributed by atoms with Crippen LogP contribution in [0.5, 0.6) is 0 Å². The molecule has 1 aromatic rings. The van der Waals surface area contributed by atoms with Crippen molar-refractivity contribution in [1.82, 2.24) is 20.2 Å². The number of hydrogen-bond acceptors (Lipinski definition) is 4. The van der Waals surface area contributed by atoms with Crippen molar-refractivity contribution < 1.29 is 0 Å². The van der Waals surface area contributed by atoms with Crippen LogP contribution in [0.4, 0.5) is 0 Å². The highest BCUT2D eigenvalue weighted by Crippen LogP contribution is 2.11. The van der Waals surface area contributed by atoms with Crippen LogP contribution in [-0.2, 0) is 5.75 Å². The first-order valence-corrected chi connectivity index (χ1v) is 5.65. The molecule has 0 spiro atoms. The summed E-state index contributed by atoms with van der Waals surface area (Å²) in [5.41, 5.74) is 0. The number of rotatable bonds is 4. The minimum absolute atomic E-state index is 0.317. The topological polar surface area (TPSA) is 43.6 Å². The van der Waals surface area contributed by atoms with Crippen LogP contribution in [0.3, 0.4) is 0 Å². The number of thioether (sulfide) groups is 1. The molecular weight excluding hydrogens is 196 g/mol. The van der Waals surface area contributed by atoms with Crippen molar-refractivity contribution in [3.05, 3.63) is 5.82 Å². The van der Waals surface area contributed by atoms with Gasteiger partial charge in [-0.15, -0.1) is 22.8 Å². The van der Waals surface area contributed by atoms with Crippen molar-refractivity contribution in [1.29, 1.82) is 0 Å². The first-order chi connectivity index (χ1) is 6.75. The molecule has 0 unspecified atom stereocenters. The predicted molar refractivity (Wildman–Crippen MR) is 57.8 cm³/mol. The summed E-state index contributed by atoms with van der Waals surface area (Å²) in [4.78, 5) is 0. The Bertz CT molecular complexity index is 334. The SMILES string of the molecule is CC#CCSCc1nnnn1C(C)C. The van der Waals surface area contributed by atoms with Gasteiger partial charge in [-0.05, 0) is 31.2 Å². The fourth-order valence-electron chi connectivity index (χ4n) is 0.974. The molecule has 0 aromatic carbocycles. The van der Waals surface area contributed by atoms with Crippen LogP contribution in [0.1, 0.15) is 32.6 Å². The zero-order valence-electron chi connectivity index (χ0n) is 8.69. The van der Waals surface area contributed by atoms with Gasteiger partial charge in [0.25, 0.3) is 0 Å². The molecule has 76 valence electrons. The Morgan fingerprint density at radius 3 is 2.93 bits per heavy atom. The molecule has 0 N–H and O–H groups in total. The zero-order valence-corrected chi connectivity index (χ0v) is 9.51. The van der Waals surface area contributed by atoms with Gasteiger partial charge in [0.05, 0.1) is 17.5 Å². The van der Waals surface area contributed by atoms with E-state index in [9.17, 15) is 0 Å². The number of nitrogens with zero attached hydrogens (tertiary/aromatic N) is 4. The molecule has 1 rings (SSSR count). The van der Waals surface area contributed by atoms with Gasteiger partial charge in [-0.25, -0.2) is 4.68 Å². The van der Waals surface area contributed by atoms with Crippen LogP contribution in [0.15, 0.2) is 0 Å². The fraction of sp³-hybridized carbons (Fsp3) is 0.667. The molecule has 0 atom stereocenters. The molecule has 0 saturated carbocycles. The van der Waals surface area contributed by atoms with E-state index >= 15 is 0 Å². The van der Waals surface area contributed by atoms with Gasteiger partial charge in [0.1, 0.15) is 0 Å². The quantitative estimate of drug-likeness (QED) is 0.558. The Morgan fingerprint density at radius 2 is 2.29 bits per heavy atom. The van der Waals surface area contributed by atoms with E-state index in [1.165, 1.54) is 0 Å². The molecule has 4 nitrogen and oxygen atoms in total. The Balaban J connectivity index is 2.48. The van der Waals surface area contributed by atoms with Crippen molar-refractivity contribution in [3.8, 4) is 11.8 Å². The third-order valence-electron chi connectivity index (χ3n) is 1.63. The molecule has 0 radical (unpaired) electrons. The van der Waals surface area contributed by atoms with Gasteiger partial charge in [0.2, 0.25) is 0 Å². The van der Waals surface area contributed by atoms with E-state index in [4.69, 9.17) is 0 Å². The van der Waals surface area contributed by atoms with E-state index in [0.717, 1.165) is 17.3 Å². The molecular formula is C9H14N4S. The second-order valence-corrected chi connectivity index (χ2v) is 4.04. The molecule has 0 aliphatic rings. The fourth-order valence-corrected chi connectivity index (χ4v) is 1.70. The predicted octanol–water partition coefficient (Wildman–Crippen LogP) is 1.51. The van der Waals surface area contributed by atoms with Crippen LogP contribution in [0.2, 0.25) is 0 Å². The van der Waals surface area contributed by atoms with Crippen molar-refractivity contribution in [2.75, 3.05) is 5.75 Å². The third kappa shape index (κ3) is 3.04. The van der Waals surface area contributed by atoms with Crippen molar-refractivity contribution in [2.45, 2.75) is 32.6 Å². The molecule has 1 aromatic heterocycles. The summed E-state index contributed by atoms with van der Waals surface area (Å²) in [6.45, 7) is 5.98. The van der Waals surface area contributed by atoms with Crippen molar-refractivity contribution >= 4 is 11.8 Å². The van der Waals surface area contributed by atoms with Crippen molar-refractivity contribution in [2.24, 2.45) is 0 Å². The van der Waals surface area contributed by atoms with Crippen LogP contribution >= 0.6 is 11.8 Å². The van der Waals surface area contributed by atoms with Gasteiger partial charge >= 0.3 is 0 Å². The highest BCUT2D eigenvalue weighted by Gasteiger charge is 2.07. The van der Waals surface area contributed by atoms with Gasteiger partial charge in [-0.2, -0.15) is 0 Å². The number of hydrogen-bond donors (Lipinski definition) is 0. The molecule has 0 aliphatic carbocycles. The van der Waals surface area contributed by atoms with E-state index in [1.807, 2.05) is 11.6 Å². The zero-order chi connectivity index (χ0) is 10.4. The van der Waals surface area contributed by atoms with Crippen LogP contribution in [0, 0.1) is 11.8 Å². The second-order valence-electron chi connectivity index (χ2n) is 3.05. The summed E-state index contributed by atoms with van der Waals surface area (Å²) in [7, 11) is 0. The maximum absolute atomic E-state index is 3.97. The van der Waals surface area contributed by atoms with Gasteiger partial charge < -0.3 is 0 Å². The Kier molecular flexibility index (Phi) is 4.47. The molecule has 0 amide bonds. The highest BCUT2D eigenvalue weighted by atomic mass is 32.2. The average molecular weight is 210 g/mol. The van der Waals surface area contributed by atoms with E-state index < -0.39 is 0 Å². The molecule has 0 bridgehead atoms. The molecule has 0 saturated heterocycles. The van der Waals surface area contributed by atoms with Crippen molar-refractivity contribution in [3.63, 3.8) is 0 Å². The minimum atomic E-state index is 0.317. The lowest BCUT2D eigenvalue weighted by Gasteiger charge is -2.06. The molecule has 1 heterocycles. The number of tetrazole rings is 1. The molecule has 0 fully saturated rings. The van der Waals surface area contributed by atoms with Gasteiger partial charge in [-0.1, -0.05) is 5.92 Å². The Labute approximate surface area is 88.5 Å². The summed E-state index contributed by atoms with van der Waals surface area (Å²) in [6, 6.07) is 0.317. The van der Waals surface area contributed by atoms with E-state index in [2.05, 4.69) is 41.2 Å². The molecule has 5 heteroatoms. The first kappa shape index (κ1) is 11.1. The monoisotopic (exact) mass is 210 g/mol. The summed E-state index contributed by atoms with van der Waals surface area (Å²) in [5, 5.41) is 11.5. The van der Waals surface area contributed by atoms with E-state index in [1.54, 1.807) is 11.8 Å². The first-order valence-electron chi connectivity index (χ1n) is 4.49.